The van der Waals surface area contributed by atoms with Gasteiger partial charge in [-0.25, -0.2) is 14.0 Å². The average Bonchev–Trinajstić information content (AvgIpc) is 2.78. The minimum Gasteiger partial charge on any atom is -0.493 e. The van der Waals surface area contributed by atoms with Crippen LogP contribution in [0.3, 0.4) is 0 Å². The predicted molar refractivity (Wildman–Crippen MR) is 117 cm³/mol. The van der Waals surface area contributed by atoms with Crippen LogP contribution >= 0.6 is 11.6 Å². The lowest BCUT2D eigenvalue weighted by Gasteiger charge is -2.30. The van der Waals surface area contributed by atoms with Gasteiger partial charge in [0.05, 0.1) is 30.4 Å². The fraction of sp³-hybridized carbons (Fsp3) is 0.304. The van der Waals surface area contributed by atoms with Crippen molar-refractivity contribution in [1.29, 1.82) is 0 Å². The van der Waals surface area contributed by atoms with E-state index in [1.807, 2.05) is 6.92 Å². The summed E-state index contributed by atoms with van der Waals surface area (Å²) in [7, 11) is 1.46. The summed E-state index contributed by atoms with van der Waals surface area (Å²) >= 11 is 6.13. The molecule has 0 saturated heterocycles. The number of para-hydroxylation sites is 1. The highest BCUT2D eigenvalue weighted by Crippen LogP contribution is 2.40. The Hall–Kier alpha value is -3.26. The molecule has 2 aromatic carbocycles. The van der Waals surface area contributed by atoms with Crippen LogP contribution in [0.4, 0.5) is 9.18 Å². The highest BCUT2D eigenvalue weighted by molar-refractivity contribution is 6.31. The summed E-state index contributed by atoms with van der Waals surface area (Å²) in [5.74, 6) is -0.472. The molecule has 3 rings (SSSR count). The van der Waals surface area contributed by atoms with E-state index in [9.17, 15) is 14.0 Å². The Kier molecular flexibility index (Phi) is 7.58. The molecule has 1 heterocycles. The maximum atomic E-state index is 14.3. The van der Waals surface area contributed by atoms with Crippen molar-refractivity contribution >= 4 is 23.6 Å². The van der Waals surface area contributed by atoms with E-state index in [4.69, 9.17) is 25.8 Å². The maximum Gasteiger partial charge on any atom is 0.338 e. The molecule has 0 spiro atoms. The van der Waals surface area contributed by atoms with E-state index in [0.29, 0.717) is 23.4 Å². The predicted octanol–water partition coefficient (Wildman–Crippen LogP) is 4.65. The van der Waals surface area contributed by atoms with Gasteiger partial charge in [0.15, 0.2) is 11.5 Å². The summed E-state index contributed by atoms with van der Waals surface area (Å²) in [6, 6.07) is 8.10. The third-order valence-electron chi connectivity index (χ3n) is 4.97. The van der Waals surface area contributed by atoms with Gasteiger partial charge in [0, 0.05) is 16.8 Å². The van der Waals surface area contributed by atoms with Crippen LogP contribution < -0.4 is 20.1 Å². The van der Waals surface area contributed by atoms with Crippen LogP contribution in [0.2, 0.25) is 5.02 Å². The van der Waals surface area contributed by atoms with Crippen LogP contribution in [-0.2, 0) is 16.1 Å². The van der Waals surface area contributed by atoms with Crippen LogP contribution in [0.25, 0.3) is 0 Å². The molecule has 2 amide bonds. The van der Waals surface area contributed by atoms with E-state index >= 15 is 0 Å². The van der Waals surface area contributed by atoms with Gasteiger partial charge >= 0.3 is 12.0 Å². The standard InChI is InChI=1S/C23H24ClFN2O5/c1-4-17-19(22(28)31-5-2)20(27-23(29)26-17)13-8-6-11-18(30-3)21(13)32-12-14-15(24)9-7-10-16(14)25/h6-11,20H,4-5,12H2,1-3H3,(H2,26,27,29). The molecule has 170 valence electrons. The van der Waals surface area contributed by atoms with Crippen LogP contribution in [0.5, 0.6) is 11.5 Å². The van der Waals surface area contributed by atoms with Crippen molar-refractivity contribution in [2.24, 2.45) is 0 Å². The molecule has 0 bridgehead atoms. The highest BCUT2D eigenvalue weighted by Gasteiger charge is 2.35. The molecule has 0 radical (unpaired) electrons. The van der Waals surface area contributed by atoms with Gasteiger partial charge in [-0.1, -0.05) is 36.7 Å². The molecular formula is C23H24ClFN2O5. The zero-order valence-corrected chi connectivity index (χ0v) is 18.7. The van der Waals surface area contributed by atoms with Gasteiger partial charge in [0.1, 0.15) is 12.4 Å². The number of methoxy groups -OCH3 is 1. The van der Waals surface area contributed by atoms with Gasteiger partial charge in [-0.3, -0.25) is 0 Å². The van der Waals surface area contributed by atoms with Gasteiger partial charge in [0.2, 0.25) is 0 Å². The maximum absolute atomic E-state index is 14.3. The summed E-state index contributed by atoms with van der Waals surface area (Å²) in [6.07, 6.45) is 0.406. The number of carbonyl (C=O) groups excluding carboxylic acids is 2. The summed E-state index contributed by atoms with van der Waals surface area (Å²) in [5.41, 5.74) is 1.34. The molecule has 0 aliphatic carbocycles. The van der Waals surface area contributed by atoms with Gasteiger partial charge in [-0.15, -0.1) is 0 Å². The average molecular weight is 463 g/mol. The second kappa shape index (κ2) is 10.4. The van der Waals surface area contributed by atoms with Crippen LogP contribution in [-0.4, -0.2) is 25.7 Å². The van der Waals surface area contributed by atoms with Crippen molar-refractivity contribution in [1.82, 2.24) is 10.6 Å². The molecule has 2 aromatic rings. The number of halogens is 2. The number of allylic oxidation sites excluding steroid dienone is 1. The van der Waals surface area contributed by atoms with E-state index in [1.54, 1.807) is 31.2 Å². The smallest absolute Gasteiger partial charge is 0.338 e. The normalized spacial score (nSPS) is 15.7. The van der Waals surface area contributed by atoms with E-state index < -0.39 is 23.9 Å². The highest BCUT2D eigenvalue weighted by atomic mass is 35.5. The second-order valence-electron chi connectivity index (χ2n) is 6.87. The summed E-state index contributed by atoms with van der Waals surface area (Å²) in [6.45, 7) is 3.51. The summed E-state index contributed by atoms with van der Waals surface area (Å²) in [5, 5.41) is 5.64. The van der Waals surface area contributed by atoms with Crippen molar-refractivity contribution in [2.45, 2.75) is 32.9 Å². The number of amides is 2. The van der Waals surface area contributed by atoms with Gasteiger partial charge < -0.3 is 24.8 Å². The van der Waals surface area contributed by atoms with Gasteiger partial charge in [0.25, 0.3) is 0 Å². The Labute approximate surface area is 190 Å². The number of rotatable bonds is 8. The summed E-state index contributed by atoms with van der Waals surface area (Å²) in [4.78, 5) is 25.1. The Bertz CT molecular complexity index is 1040. The van der Waals surface area contributed by atoms with Crippen molar-refractivity contribution < 1.29 is 28.2 Å². The van der Waals surface area contributed by atoms with Crippen LogP contribution in [0.1, 0.15) is 37.4 Å². The SMILES string of the molecule is CCOC(=O)C1=C(CC)NC(=O)NC1c1cccc(OC)c1OCc1c(F)cccc1Cl. The third-order valence-corrected chi connectivity index (χ3v) is 5.32. The van der Waals surface area contributed by atoms with E-state index in [2.05, 4.69) is 10.6 Å². The Morgan fingerprint density at radius 1 is 1.19 bits per heavy atom. The lowest BCUT2D eigenvalue weighted by atomic mass is 9.93. The van der Waals surface area contributed by atoms with Crippen molar-refractivity contribution in [3.8, 4) is 11.5 Å². The second-order valence-corrected chi connectivity index (χ2v) is 7.27. The molecule has 2 N–H and O–H groups in total. The molecular weight excluding hydrogens is 439 g/mol. The zero-order valence-electron chi connectivity index (χ0n) is 18.0. The first-order valence-corrected chi connectivity index (χ1v) is 10.5. The largest absolute Gasteiger partial charge is 0.493 e. The summed E-state index contributed by atoms with van der Waals surface area (Å²) < 4.78 is 30.9. The van der Waals surface area contributed by atoms with E-state index in [0.717, 1.165) is 0 Å². The van der Waals surface area contributed by atoms with Crippen LogP contribution in [0, 0.1) is 5.82 Å². The fourth-order valence-electron chi connectivity index (χ4n) is 3.47. The molecule has 0 fully saturated rings. The number of carbonyl (C=O) groups is 2. The van der Waals surface area contributed by atoms with Crippen molar-refractivity contribution in [3.63, 3.8) is 0 Å². The fourth-order valence-corrected chi connectivity index (χ4v) is 3.69. The first kappa shape index (κ1) is 23.4. The van der Waals surface area contributed by atoms with Crippen molar-refractivity contribution in [3.05, 3.63) is 69.6 Å². The molecule has 0 saturated carbocycles. The number of urea groups is 1. The number of esters is 1. The van der Waals surface area contributed by atoms with E-state index in [-0.39, 0.29) is 35.1 Å². The molecule has 32 heavy (non-hydrogen) atoms. The molecule has 0 aromatic heterocycles. The quantitative estimate of drug-likeness (QED) is 0.558. The van der Waals surface area contributed by atoms with Crippen molar-refractivity contribution in [2.75, 3.05) is 13.7 Å². The number of ether oxygens (including phenoxy) is 3. The van der Waals surface area contributed by atoms with Crippen LogP contribution in [0.15, 0.2) is 47.7 Å². The molecule has 1 unspecified atom stereocenters. The molecule has 9 heteroatoms. The number of benzene rings is 2. The molecule has 7 nitrogen and oxygen atoms in total. The topological polar surface area (TPSA) is 85.9 Å². The first-order chi connectivity index (χ1) is 15.4. The third kappa shape index (κ3) is 4.80. The Morgan fingerprint density at radius 3 is 2.59 bits per heavy atom. The molecule has 1 aliphatic rings. The number of hydrogen-bond acceptors (Lipinski definition) is 5. The number of nitrogens with one attached hydrogen (secondary N) is 2. The molecule has 1 atom stereocenters. The lowest BCUT2D eigenvalue weighted by molar-refractivity contribution is -0.139. The Balaban J connectivity index is 2.08. The number of hydrogen-bond donors (Lipinski definition) is 2. The van der Waals surface area contributed by atoms with Gasteiger partial charge in [-0.2, -0.15) is 0 Å². The molecule has 1 aliphatic heterocycles. The minimum atomic E-state index is -0.862. The lowest BCUT2D eigenvalue weighted by Crippen LogP contribution is -2.46. The monoisotopic (exact) mass is 462 g/mol. The minimum absolute atomic E-state index is 0.174. The Morgan fingerprint density at radius 2 is 1.94 bits per heavy atom. The van der Waals surface area contributed by atoms with E-state index in [1.165, 1.54) is 19.2 Å². The first-order valence-electron chi connectivity index (χ1n) is 10.1. The zero-order chi connectivity index (χ0) is 23.3. The van der Waals surface area contributed by atoms with Gasteiger partial charge in [-0.05, 0) is 31.5 Å².